The van der Waals surface area contributed by atoms with Crippen molar-refractivity contribution in [2.75, 3.05) is 20.3 Å². The van der Waals surface area contributed by atoms with Crippen LogP contribution in [0.5, 0.6) is 0 Å². The number of fused-ring (bicyclic) bond motifs is 1. The van der Waals surface area contributed by atoms with Crippen LogP contribution in [0.25, 0.3) is 0 Å². The summed E-state index contributed by atoms with van der Waals surface area (Å²) in [6.45, 7) is 0.821. The lowest BCUT2D eigenvalue weighted by atomic mass is 10.0. The number of hydrogen-bond donors (Lipinski definition) is 0. The van der Waals surface area contributed by atoms with Crippen LogP contribution in [0.3, 0.4) is 0 Å². The molecule has 0 saturated heterocycles. The molecule has 2 heterocycles. The van der Waals surface area contributed by atoms with E-state index in [1.165, 1.54) is 4.90 Å². The Morgan fingerprint density at radius 1 is 1.00 bits per heavy atom. The van der Waals surface area contributed by atoms with Crippen LogP contribution in [0.1, 0.15) is 45.2 Å². The normalized spacial score (nSPS) is 20.9. The van der Waals surface area contributed by atoms with Gasteiger partial charge in [-0.25, -0.2) is 4.99 Å². The molecule has 2 amide bonds. The van der Waals surface area contributed by atoms with Gasteiger partial charge in [0.2, 0.25) is 0 Å². The summed E-state index contributed by atoms with van der Waals surface area (Å²) in [4.78, 5) is 30.8. The summed E-state index contributed by atoms with van der Waals surface area (Å²) in [5.41, 5.74) is 2.01. The van der Waals surface area contributed by atoms with Gasteiger partial charge in [0.1, 0.15) is 12.1 Å². The summed E-state index contributed by atoms with van der Waals surface area (Å²) in [5.74, 6) is 0.191. The van der Waals surface area contributed by atoms with Gasteiger partial charge in [-0.1, -0.05) is 42.5 Å². The minimum atomic E-state index is -0.227. The van der Waals surface area contributed by atoms with E-state index in [0.29, 0.717) is 43.0 Å². The second-order valence-electron chi connectivity index (χ2n) is 6.91. The number of rotatable bonds is 7. The van der Waals surface area contributed by atoms with Crippen molar-refractivity contribution in [3.63, 3.8) is 0 Å². The molecule has 2 aromatic carbocycles. The molecule has 0 N–H and O–H groups in total. The van der Waals surface area contributed by atoms with E-state index in [9.17, 15) is 9.59 Å². The molecule has 6 nitrogen and oxygen atoms in total. The Kier molecular flexibility index (Phi) is 5.21. The smallest absolute Gasteiger partial charge is 0.261 e. The molecule has 0 spiro atoms. The Morgan fingerprint density at radius 3 is 2.29 bits per heavy atom. The van der Waals surface area contributed by atoms with E-state index >= 15 is 0 Å². The lowest BCUT2D eigenvalue weighted by Crippen LogP contribution is -2.31. The zero-order valence-corrected chi connectivity index (χ0v) is 15.7. The monoisotopic (exact) mass is 378 g/mol. The molecular formula is C22H22N2O4. The molecule has 0 fully saturated rings. The van der Waals surface area contributed by atoms with E-state index in [1.54, 1.807) is 31.4 Å². The van der Waals surface area contributed by atoms with Crippen molar-refractivity contribution in [1.29, 1.82) is 0 Å². The minimum absolute atomic E-state index is 0.0956. The Labute approximate surface area is 163 Å². The zero-order chi connectivity index (χ0) is 19.5. The highest BCUT2D eigenvalue weighted by atomic mass is 16.5. The van der Waals surface area contributed by atoms with Gasteiger partial charge in [-0.05, 0) is 24.1 Å². The maximum Gasteiger partial charge on any atom is 0.261 e. The molecule has 2 aliphatic rings. The summed E-state index contributed by atoms with van der Waals surface area (Å²) < 4.78 is 11.4. The first-order valence-electron chi connectivity index (χ1n) is 9.41. The van der Waals surface area contributed by atoms with Crippen molar-refractivity contribution in [2.45, 2.75) is 25.0 Å². The average molecular weight is 378 g/mol. The van der Waals surface area contributed by atoms with E-state index in [2.05, 4.69) is 4.99 Å². The quantitative estimate of drug-likeness (QED) is 0.694. The second kappa shape index (κ2) is 7.94. The number of carbonyl (C=O) groups is 2. The number of nitrogens with zero attached hydrogens (tertiary/aromatic N) is 2. The number of amides is 2. The van der Waals surface area contributed by atoms with Crippen LogP contribution >= 0.6 is 0 Å². The topological polar surface area (TPSA) is 68.2 Å². The van der Waals surface area contributed by atoms with Gasteiger partial charge < -0.3 is 9.47 Å². The van der Waals surface area contributed by atoms with Crippen molar-refractivity contribution in [2.24, 2.45) is 4.99 Å². The predicted octanol–water partition coefficient (Wildman–Crippen LogP) is 3.25. The van der Waals surface area contributed by atoms with Gasteiger partial charge in [0, 0.05) is 20.1 Å². The molecule has 2 atom stereocenters. The molecule has 6 heteroatoms. The molecule has 0 aromatic heterocycles. The average Bonchev–Trinajstić information content (AvgIpc) is 3.23. The van der Waals surface area contributed by atoms with Gasteiger partial charge in [0.25, 0.3) is 11.8 Å². The summed E-state index contributed by atoms with van der Waals surface area (Å²) in [6.07, 6.45) is 0.998. The third-order valence-electron chi connectivity index (χ3n) is 5.04. The number of imide groups is 1. The first-order chi connectivity index (χ1) is 13.7. The van der Waals surface area contributed by atoms with Crippen LogP contribution in [-0.2, 0) is 9.47 Å². The maximum absolute atomic E-state index is 12.4. The Balaban J connectivity index is 1.37. The van der Waals surface area contributed by atoms with Crippen molar-refractivity contribution >= 4 is 17.7 Å². The minimum Gasteiger partial charge on any atom is -0.471 e. The maximum atomic E-state index is 12.4. The molecule has 2 aromatic rings. The van der Waals surface area contributed by atoms with Crippen molar-refractivity contribution in [1.82, 2.24) is 4.90 Å². The third kappa shape index (κ3) is 3.43. The molecule has 28 heavy (non-hydrogen) atoms. The lowest BCUT2D eigenvalue weighted by molar-refractivity contribution is 0.0652. The van der Waals surface area contributed by atoms with Crippen LogP contribution in [0.2, 0.25) is 0 Å². The zero-order valence-electron chi connectivity index (χ0n) is 15.7. The summed E-state index contributed by atoms with van der Waals surface area (Å²) in [7, 11) is 1.65. The van der Waals surface area contributed by atoms with Crippen LogP contribution in [0.4, 0.5) is 0 Å². The summed E-state index contributed by atoms with van der Waals surface area (Å²) in [5, 5.41) is 0. The molecule has 4 rings (SSSR count). The number of benzene rings is 2. The van der Waals surface area contributed by atoms with Gasteiger partial charge in [0.05, 0.1) is 17.7 Å². The molecule has 2 aliphatic heterocycles. The van der Waals surface area contributed by atoms with Gasteiger partial charge in [-0.2, -0.15) is 0 Å². The fourth-order valence-electron chi connectivity index (χ4n) is 3.69. The Hall–Kier alpha value is -2.99. The van der Waals surface area contributed by atoms with Gasteiger partial charge in [-0.3, -0.25) is 14.5 Å². The molecule has 144 valence electrons. The van der Waals surface area contributed by atoms with Crippen molar-refractivity contribution in [3.05, 3.63) is 71.3 Å². The molecular weight excluding hydrogens is 356 g/mol. The number of ether oxygens (including phenoxy) is 2. The largest absolute Gasteiger partial charge is 0.471 e. The number of hydrogen-bond acceptors (Lipinski definition) is 5. The number of aliphatic imine (C=N–C) groups is 1. The van der Waals surface area contributed by atoms with E-state index < -0.39 is 0 Å². The number of methoxy groups -OCH3 is 1. The summed E-state index contributed by atoms with van der Waals surface area (Å²) in [6, 6.07) is 16.8. The van der Waals surface area contributed by atoms with E-state index in [1.807, 2.05) is 30.3 Å². The molecule has 0 saturated carbocycles. The van der Waals surface area contributed by atoms with Gasteiger partial charge >= 0.3 is 0 Å². The standard InChI is InChI=1S/C22H22N2O4/c1-27-14-18-20(15-8-3-2-4-9-15)28-19(23-18)12-7-13-24-21(25)16-10-5-6-11-17(16)22(24)26/h2-6,8-11,18,20H,7,12-14H2,1H3/t18-,20-/m0/s1. The van der Waals surface area contributed by atoms with Gasteiger partial charge in [-0.15, -0.1) is 0 Å². The van der Waals surface area contributed by atoms with Gasteiger partial charge in [0.15, 0.2) is 5.90 Å². The fourth-order valence-corrected chi connectivity index (χ4v) is 3.69. The highest BCUT2D eigenvalue weighted by Gasteiger charge is 2.35. The summed E-state index contributed by atoms with van der Waals surface area (Å²) >= 11 is 0. The van der Waals surface area contributed by atoms with E-state index in [0.717, 1.165) is 5.56 Å². The highest BCUT2D eigenvalue weighted by Crippen LogP contribution is 2.31. The van der Waals surface area contributed by atoms with Crippen LogP contribution < -0.4 is 0 Å². The lowest BCUT2D eigenvalue weighted by Gasteiger charge is -2.17. The first-order valence-corrected chi connectivity index (χ1v) is 9.41. The second-order valence-corrected chi connectivity index (χ2v) is 6.91. The molecule has 0 radical (unpaired) electrons. The van der Waals surface area contributed by atoms with Crippen LogP contribution in [-0.4, -0.2) is 48.9 Å². The number of carbonyl (C=O) groups excluding carboxylic acids is 2. The first kappa shape index (κ1) is 18.4. The fraction of sp³-hybridized carbons (Fsp3) is 0.318. The predicted molar refractivity (Wildman–Crippen MR) is 104 cm³/mol. The van der Waals surface area contributed by atoms with Crippen LogP contribution in [0.15, 0.2) is 59.6 Å². The third-order valence-corrected chi connectivity index (χ3v) is 5.04. The van der Waals surface area contributed by atoms with E-state index in [4.69, 9.17) is 9.47 Å². The highest BCUT2D eigenvalue weighted by molar-refractivity contribution is 6.21. The Morgan fingerprint density at radius 2 is 1.64 bits per heavy atom. The molecule has 0 aliphatic carbocycles. The van der Waals surface area contributed by atoms with E-state index in [-0.39, 0.29) is 24.0 Å². The Bertz CT molecular complexity index is 875. The molecule has 0 bridgehead atoms. The SMILES string of the molecule is COC[C@@H]1N=C(CCCN2C(=O)c3ccccc3C2=O)O[C@H]1c1ccccc1. The van der Waals surface area contributed by atoms with Crippen LogP contribution in [0, 0.1) is 0 Å². The molecule has 0 unspecified atom stereocenters. The van der Waals surface area contributed by atoms with Crippen molar-refractivity contribution < 1.29 is 19.1 Å². The van der Waals surface area contributed by atoms with Crippen molar-refractivity contribution in [3.8, 4) is 0 Å².